The highest BCUT2D eigenvalue weighted by molar-refractivity contribution is 14.0. The molecular weight excluding hydrogens is 409 g/mol. The Morgan fingerprint density at radius 2 is 2.04 bits per heavy atom. The van der Waals surface area contributed by atoms with Gasteiger partial charge in [0.1, 0.15) is 0 Å². The number of hydrogen-bond donors (Lipinski definition) is 2. The van der Waals surface area contributed by atoms with Crippen LogP contribution in [0.25, 0.3) is 0 Å². The van der Waals surface area contributed by atoms with Crippen molar-refractivity contribution in [2.45, 2.75) is 25.9 Å². The monoisotopic (exact) mass is 435 g/mol. The van der Waals surface area contributed by atoms with Gasteiger partial charge in [0, 0.05) is 33.2 Å². The van der Waals surface area contributed by atoms with E-state index in [2.05, 4.69) is 15.6 Å². The molecule has 2 rings (SSSR count). The molecule has 0 amide bonds. The molecule has 1 atom stereocenters. The highest BCUT2D eigenvalue weighted by atomic mass is 127. The fourth-order valence-electron chi connectivity index (χ4n) is 2.22. The maximum Gasteiger partial charge on any atom is 0.191 e. The second-order valence-electron chi connectivity index (χ2n) is 5.26. The first-order valence-electron chi connectivity index (χ1n) is 7.57. The standard InChI is InChI=1S/C16H25N3O3.HI/c1-12(11-20-3)19-16(17-2)18-10-13-5-6-14-15(9-13)22-8-4-7-21-14;/h5-6,9,12H,4,7-8,10-11H2,1-3H3,(H2,17,18,19);1H. The number of halogens is 1. The van der Waals surface area contributed by atoms with Gasteiger partial charge in [0.15, 0.2) is 17.5 Å². The van der Waals surface area contributed by atoms with Gasteiger partial charge in [-0.1, -0.05) is 6.07 Å². The second kappa shape index (κ2) is 10.5. The first kappa shape index (κ1) is 19.8. The molecule has 6 nitrogen and oxygen atoms in total. The predicted octanol–water partition coefficient (Wildman–Crippen LogP) is 2.17. The van der Waals surface area contributed by atoms with E-state index in [1.165, 1.54) is 0 Å². The minimum atomic E-state index is 0. The van der Waals surface area contributed by atoms with Gasteiger partial charge < -0.3 is 24.8 Å². The second-order valence-corrected chi connectivity index (χ2v) is 5.26. The maximum absolute atomic E-state index is 5.70. The number of guanidine groups is 1. The van der Waals surface area contributed by atoms with Crippen molar-refractivity contribution in [1.29, 1.82) is 0 Å². The number of fused-ring (bicyclic) bond motifs is 1. The molecule has 1 heterocycles. The Labute approximate surface area is 155 Å². The molecule has 0 bridgehead atoms. The Hall–Kier alpha value is -1.22. The molecule has 0 saturated heterocycles. The van der Waals surface area contributed by atoms with Crippen LogP contribution in [0.3, 0.4) is 0 Å². The van der Waals surface area contributed by atoms with Crippen molar-refractivity contribution in [3.05, 3.63) is 23.8 Å². The molecule has 130 valence electrons. The minimum absolute atomic E-state index is 0. The van der Waals surface area contributed by atoms with E-state index < -0.39 is 0 Å². The average Bonchev–Trinajstić information content (AvgIpc) is 2.76. The third-order valence-electron chi connectivity index (χ3n) is 3.30. The van der Waals surface area contributed by atoms with Gasteiger partial charge in [-0.3, -0.25) is 4.99 Å². The van der Waals surface area contributed by atoms with Crippen LogP contribution in [0, 0.1) is 0 Å². The van der Waals surface area contributed by atoms with Gasteiger partial charge in [-0.25, -0.2) is 0 Å². The van der Waals surface area contributed by atoms with Crippen molar-refractivity contribution in [3.63, 3.8) is 0 Å². The molecule has 1 aliphatic heterocycles. The highest BCUT2D eigenvalue weighted by Crippen LogP contribution is 2.30. The first-order valence-corrected chi connectivity index (χ1v) is 7.57. The molecule has 1 aliphatic rings. The van der Waals surface area contributed by atoms with Crippen LogP contribution >= 0.6 is 24.0 Å². The van der Waals surface area contributed by atoms with Crippen LogP contribution in [-0.2, 0) is 11.3 Å². The summed E-state index contributed by atoms with van der Waals surface area (Å²) in [6.07, 6.45) is 0.913. The molecule has 0 fully saturated rings. The summed E-state index contributed by atoms with van der Waals surface area (Å²) in [6.45, 7) is 4.74. The van der Waals surface area contributed by atoms with Gasteiger partial charge in [-0.15, -0.1) is 24.0 Å². The summed E-state index contributed by atoms with van der Waals surface area (Å²) in [5.74, 6) is 2.38. The molecule has 0 saturated carbocycles. The van der Waals surface area contributed by atoms with E-state index in [9.17, 15) is 0 Å². The number of aliphatic imine (C=N–C) groups is 1. The summed E-state index contributed by atoms with van der Waals surface area (Å²) in [5, 5.41) is 6.55. The predicted molar refractivity (Wildman–Crippen MR) is 102 cm³/mol. The Kier molecular flexibility index (Phi) is 9.08. The summed E-state index contributed by atoms with van der Waals surface area (Å²) in [5.41, 5.74) is 1.12. The third-order valence-corrected chi connectivity index (χ3v) is 3.30. The number of hydrogen-bond acceptors (Lipinski definition) is 4. The topological polar surface area (TPSA) is 64.1 Å². The Morgan fingerprint density at radius 3 is 2.74 bits per heavy atom. The fourth-order valence-corrected chi connectivity index (χ4v) is 2.22. The molecule has 0 aromatic heterocycles. The van der Waals surface area contributed by atoms with Gasteiger partial charge >= 0.3 is 0 Å². The Balaban J connectivity index is 0.00000264. The number of methoxy groups -OCH3 is 1. The van der Waals surface area contributed by atoms with E-state index >= 15 is 0 Å². The molecule has 7 heteroatoms. The van der Waals surface area contributed by atoms with Gasteiger partial charge in [-0.05, 0) is 24.6 Å². The lowest BCUT2D eigenvalue weighted by molar-refractivity contribution is 0.179. The lowest BCUT2D eigenvalue weighted by Gasteiger charge is -2.17. The minimum Gasteiger partial charge on any atom is -0.490 e. The summed E-state index contributed by atoms with van der Waals surface area (Å²) in [6, 6.07) is 6.20. The summed E-state index contributed by atoms with van der Waals surface area (Å²) in [4.78, 5) is 4.21. The van der Waals surface area contributed by atoms with Gasteiger partial charge in [-0.2, -0.15) is 0 Å². The van der Waals surface area contributed by atoms with E-state index in [0.717, 1.165) is 29.4 Å². The van der Waals surface area contributed by atoms with E-state index in [1.807, 2.05) is 25.1 Å². The molecule has 23 heavy (non-hydrogen) atoms. The van der Waals surface area contributed by atoms with Crippen molar-refractivity contribution in [2.75, 3.05) is 34.0 Å². The number of nitrogens with zero attached hydrogens (tertiary/aromatic N) is 1. The third kappa shape index (κ3) is 6.42. The van der Waals surface area contributed by atoms with Crippen LogP contribution in [0.2, 0.25) is 0 Å². The van der Waals surface area contributed by atoms with Crippen LogP contribution in [-0.4, -0.2) is 46.0 Å². The molecule has 0 aliphatic carbocycles. The van der Waals surface area contributed by atoms with Gasteiger partial charge in [0.25, 0.3) is 0 Å². The highest BCUT2D eigenvalue weighted by Gasteiger charge is 2.11. The van der Waals surface area contributed by atoms with Crippen molar-refractivity contribution in [3.8, 4) is 11.5 Å². The summed E-state index contributed by atoms with van der Waals surface area (Å²) in [7, 11) is 3.44. The zero-order chi connectivity index (χ0) is 15.8. The van der Waals surface area contributed by atoms with Gasteiger partial charge in [0.2, 0.25) is 0 Å². The molecule has 1 unspecified atom stereocenters. The number of rotatable bonds is 5. The Bertz CT molecular complexity index is 511. The van der Waals surface area contributed by atoms with Crippen LogP contribution in [0.15, 0.2) is 23.2 Å². The van der Waals surface area contributed by atoms with Crippen molar-refractivity contribution in [2.24, 2.45) is 4.99 Å². The van der Waals surface area contributed by atoms with Crippen molar-refractivity contribution >= 4 is 29.9 Å². The van der Waals surface area contributed by atoms with Crippen LogP contribution in [0.5, 0.6) is 11.5 Å². The zero-order valence-electron chi connectivity index (χ0n) is 13.9. The smallest absolute Gasteiger partial charge is 0.191 e. The quantitative estimate of drug-likeness (QED) is 0.422. The normalized spacial score (nSPS) is 15.2. The number of benzene rings is 1. The number of ether oxygens (including phenoxy) is 3. The van der Waals surface area contributed by atoms with Crippen LogP contribution in [0.4, 0.5) is 0 Å². The molecule has 2 N–H and O–H groups in total. The molecule has 1 aromatic rings. The lowest BCUT2D eigenvalue weighted by atomic mass is 10.2. The average molecular weight is 435 g/mol. The van der Waals surface area contributed by atoms with Crippen molar-refractivity contribution in [1.82, 2.24) is 10.6 Å². The van der Waals surface area contributed by atoms with Crippen molar-refractivity contribution < 1.29 is 14.2 Å². The SMILES string of the molecule is CN=C(NCc1ccc2c(c1)OCCCO2)NC(C)COC.I. The van der Waals surface area contributed by atoms with Gasteiger partial charge in [0.05, 0.1) is 19.8 Å². The lowest BCUT2D eigenvalue weighted by Crippen LogP contribution is -2.43. The summed E-state index contributed by atoms with van der Waals surface area (Å²) < 4.78 is 16.4. The molecular formula is C16H26IN3O3. The molecule has 0 spiro atoms. The number of nitrogens with one attached hydrogen (secondary N) is 2. The fraction of sp³-hybridized carbons (Fsp3) is 0.562. The Morgan fingerprint density at radius 1 is 1.30 bits per heavy atom. The van der Waals surface area contributed by atoms with E-state index in [4.69, 9.17) is 14.2 Å². The first-order chi connectivity index (χ1) is 10.7. The molecule has 1 aromatic carbocycles. The van der Waals surface area contributed by atoms with E-state index in [-0.39, 0.29) is 30.0 Å². The van der Waals surface area contributed by atoms with E-state index in [1.54, 1.807) is 14.2 Å². The largest absolute Gasteiger partial charge is 0.490 e. The summed E-state index contributed by atoms with van der Waals surface area (Å²) >= 11 is 0. The van der Waals surface area contributed by atoms with Crippen LogP contribution < -0.4 is 20.1 Å². The van der Waals surface area contributed by atoms with Crippen LogP contribution in [0.1, 0.15) is 18.9 Å². The van der Waals surface area contributed by atoms with E-state index in [0.29, 0.717) is 26.4 Å². The zero-order valence-corrected chi connectivity index (χ0v) is 16.3. The molecule has 0 radical (unpaired) electrons. The maximum atomic E-state index is 5.70.